The van der Waals surface area contributed by atoms with E-state index in [0.717, 1.165) is 0 Å². The van der Waals surface area contributed by atoms with Gasteiger partial charge in [0.2, 0.25) is 0 Å². The van der Waals surface area contributed by atoms with Crippen molar-refractivity contribution in [1.29, 1.82) is 0 Å². The molecule has 1 saturated heterocycles. The predicted molar refractivity (Wildman–Crippen MR) is 45.3 cm³/mol. The molecule has 0 amide bonds. The Labute approximate surface area is 85.2 Å². The van der Waals surface area contributed by atoms with Crippen LogP contribution in [0.1, 0.15) is 0 Å². The molecule has 0 bridgehead atoms. The summed E-state index contributed by atoms with van der Waals surface area (Å²) in [5, 5.41) is 18.3. The molecule has 0 spiro atoms. The smallest absolute Gasteiger partial charge is 0.389 e. The minimum absolute atomic E-state index is 0.0566. The Morgan fingerprint density at radius 3 is 2.20 bits per heavy atom. The molecule has 1 fully saturated rings. The van der Waals surface area contributed by atoms with E-state index in [4.69, 9.17) is 10.2 Å². The van der Waals surface area contributed by atoms with Crippen molar-refractivity contribution in [3.05, 3.63) is 0 Å². The Morgan fingerprint density at radius 2 is 1.73 bits per heavy atom. The maximum atomic E-state index is 11.7. The van der Waals surface area contributed by atoms with Crippen LogP contribution in [-0.4, -0.2) is 66.3 Å². The van der Waals surface area contributed by atoms with Gasteiger partial charge in [0.25, 0.3) is 0 Å². The standard InChI is InChI=1S/C8H14F3NO3/c9-8(10,11)5-15-2-1-12-3-6(13)7(14)4-12/h6-7,13-14H,1-5H2/t6-,7+. The highest BCUT2D eigenvalue weighted by Crippen LogP contribution is 2.14. The summed E-state index contributed by atoms with van der Waals surface area (Å²) in [5.74, 6) is 0. The van der Waals surface area contributed by atoms with Crippen LogP contribution in [0, 0.1) is 0 Å². The van der Waals surface area contributed by atoms with Gasteiger partial charge < -0.3 is 14.9 Å². The fraction of sp³-hybridized carbons (Fsp3) is 1.00. The van der Waals surface area contributed by atoms with Gasteiger partial charge in [-0.15, -0.1) is 0 Å². The lowest BCUT2D eigenvalue weighted by atomic mass is 10.3. The maximum Gasteiger partial charge on any atom is 0.411 e. The average molecular weight is 229 g/mol. The summed E-state index contributed by atoms with van der Waals surface area (Å²) >= 11 is 0. The molecule has 1 aliphatic rings. The molecule has 90 valence electrons. The first kappa shape index (κ1) is 12.7. The van der Waals surface area contributed by atoms with Gasteiger partial charge >= 0.3 is 6.18 Å². The summed E-state index contributed by atoms with van der Waals surface area (Å²) < 4.78 is 39.4. The topological polar surface area (TPSA) is 52.9 Å². The molecule has 7 heteroatoms. The first-order valence-corrected chi connectivity index (χ1v) is 4.61. The van der Waals surface area contributed by atoms with Crippen molar-refractivity contribution in [1.82, 2.24) is 4.90 Å². The first-order valence-electron chi connectivity index (χ1n) is 4.61. The van der Waals surface area contributed by atoms with E-state index in [1.54, 1.807) is 4.90 Å². The molecule has 2 N–H and O–H groups in total. The number of nitrogens with zero attached hydrogens (tertiary/aromatic N) is 1. The first-order chi connectivity index (χ1) is 6.88. The van der Waals surface area contributed by atoms with Crippen LogP contribution in [0.3, 0.4) is 0 Å². The van der Waals surface area contributed by atoms with Crippen LogP contribution in [-0.2, 0) is 4.74 Å². The zero-order valence-corrected chi connectivity index (χ0v) is 8.07. The predicted octanol–water partition coefficient (Wildman–Crippen LogP) is -0.397. The molecule has 1 rings (SSSR count). The third-order valence-electron chi connectivity index (χ3n) is 2.15. The molecule has 0 unspecified atom stereocenters. The van der Waals surface area contributed by atoms with Crippen molar-refractivity contribution in [3.8, 4) is 0 Å². The Kier molecular flexibility index (Phi) is 4.32. The fourth-order valence-electron chi connectivity index (χ4n) is 1.41. The number of aliphatic hydroxyl groups is 2. The van der Waals surface area contributed by atoms with Gasteiger partial charge in [0, 0.05) is 19.6 Å². The number of rotatable bonds is 4. The maximum absolute atomic E-state index is 11.7. The molecule has 0 aromatic heterocycles. The van der Waals surface area contributed by atoms with Crippen LogP contribution in [0.2, 0.25) is 0 Å². The van der Waals surface area contributed by atoms with E-state index in [9.17, 15) is 13.2 Å². The number of hydrogen-bond acceptors (Lipinski definition) is 4. The molecular formula is C8H14F3NO3. The summed E-state index contributed by atoms with van der Waals surface area (Å²) in [7, 11) is 0. The number of hydrogen-bond donors (Lipinski definition) is 2. The molecule has 0 saturated carbocycles. The van der Waals surface area contributed by atoms with Gasteiger partial charge in [-0.25, -0.2) is 0 Å². The van der Waals surface area contributed by atoms with Gasteiger partial charge in [-0.1, -0.05) is 0 Å². The lowest BCUT2D eigenvalue weighted by Crippen LogP contribution is -2.28. The van der Waals surface area contributed by atoms with Gasteiger partial charge in [0.05, 0.1) is 18.8 Å². The molecule has 0 aromatic carbocycles. The molecular weight excluding hydrogens is 215 g/mol. The van der Waals surface area contributed by atoms with Crippen LogP contribution in [0.15, 0.2) is 0 Å². The second kappa shape index (κ2) is 5.11. The lowest BCUT2D eigenvalue weighted by Gasteiger charge is -2.15. The number of β-amino-alcohol motifs (C(OH)–C–C–N with tert-alkyl or cyclic N) is 2. The molecule has 0 radical (unpaired) electrons. The Balaban J connectivity index is 2.07. The minimum Gasteiger partial charge on any atom is -0.389 e. The van der Waals surface area contributed by atoms with Crippen LogP contribution < -0.4 is 0 Å². The Hall–Kier alpha value is -0.370. The van der Waals surface area contributed by atoms with Crippen LogP contribution in [0.4, 0.5) is 13.2 Å². The molecule has 15 heavy (non-hydrogen) atoms. The third-order valence-corrected chi connectivity index (χ3v) is 2.15. The zero-order chi connectivity index (χ0) is 11.5. The lowest BCUT2D eigenvalue weighted by molar-refractivity contribution is -0.174. The summed E-state index contributed by atoms with van der Waals surface area (Å²) in [6, 6.07) is 0. The number of ether oxygens (including phenoxy) is 1. The summed E-state index contributed by atoms with van der Waals surface area (Å²) in [4.78, 5) is 1.66. The Bertz CT molecular complexity index is 190. The van der Waals surface area contributed by atoms with Gasteiger partial charge in [0.1, 0.15) is 6.61 Å². The van der Waals surface area contributed by atoms with Gasteiger partial charge in [0.15, 0.2) is 0 Å². The summed E-state index contributed by atoms with van der Waals surface area (Å²) in [6.45, 7) is -0.484. The van der Waals surface area contributed by atoms with Crippen molar-refractivity contribution in [2.45, 2.75) is 18.4 Å². The zero-order valence-electron chi connectivity index (χ0n) is 8.07. The van der Waals surface area contributed by atoms with Crippen molar-refractivity contribution in [2.24, 2.45) is 0 Å². The third kappa shape index (κ3) is 4.78. The van der Waals surface area contributed by atoms with Gasteiger partial charge in [-0.05, 0) is 0 Å². The second-order valence-corrected chi connectivity index (χ2v) is 3.56. The SMILES string of the molecule is O[C@@H]1CN(CCOCC(F)(F)F)C[C@@H]1O. The molecule has 1 heterocycles. The largest absolute Gasteiger partial charge is 0.411 e. The molecule has 0 aromatic rings. The number of halogens is 3. The molecule has 0 aliphatic carbocycles. The van der Waals surface area contributed by atoms with Crippen molar-refractivity contribution < 1.29 is 28.1 Å². The van der Waals surface area contributed by atoms with Gasteiger partial charge in [-0.2, -0.15) is 13.2 Å². The van der Waals surface area contributed by atoms with E-state index in [1.807, 2.05) is 0 Å². The number of likely N-dealkylation sites (tertiary alicyclic amines) is 1. The van der Waals surface area contributed by atoms with E-state index in [2.05, 4.69) is 4.74 Å². The summed E-state index contributed by atoms with van der Waals surface area (Å²) in [5.41, 5.74) is 0. The number of aliphatic hydroxyl groups excluding tert-OH is 2. The van der Waals surface area contributed by atoms with E-state index < -0.39 is 25.0 Å². The van der Waals surface area contributed by atoms with E-state index in [0.29, 0.717) is 0 Å². The van der Waals surface area contributed by atoms with E-state index >= 15 is 0 Å². The number of alkyl halides is 3. The highest BCUT2D eigenvalue weighted by Gasteiger charge is 2.30. The van der Waals surface area contributed by atoms with Crippen LogP contribution in [0.25, 0.3) is 0 Å². The monoisotopic (exact) mass is 229 g/mol. The quantitative estimate of drug-likeness (QED) is 0.644. The highest BCUT2D eigenvalue weighted by molar-refractivity contribution is 4.82. The molecule has 4 nitrogen and oxygen atoms in total. The minimum atomic E-state index is -4.30. The van der Waals surface area contributed by atoms with Crippen LogP contribution in [0.5, 0.6) is 0 Å². The summed E-state index contributed by atoms with van der Waals surface area (Å²) in [6.07, 6.45) is -5.93. The fourth-order valence-corrected chi connectivity index (χ4v) is 1.41. The van der Waals surface area contributed by atoms with Crippen molar-refractivity contribution >= 4 is 0 Å². The van der Waals surface area contributed by atoms with E-state index in [-0.39, 0.29) is 26.2 Å². The highest BCUT2D eigenvalue weighted by atomic mass is 19.4. The van der Waals surface area contributed by atoms with Gasteiger partial charge in [-0.3, -0.25) is 4.90 Å². The van der Waals surface area contributed by atoms with Crippen LogP contribution >= 0.6 is 0 Å². The van der Waals surface area contributed by atoms with Crippen molar-refractivity contribution in [3.63, 3.8) is 0 Å². The molecule has 1 aliphatic heterocycles. The van der Waals surface area contributed by atoms with Crippen molar-refractivity contribution in [2.75, 3.05) is 32.8 Å². The second-order valence-electron chi connectivity index (χ2n) is 3.56. The van der Waals surface area contributed by atoms with E-state index in [1.165, 1.54) is 0 Å². The Morgan fingerprint density at radius 1 is 1.20 bits per heavy atom. The average Bonchev–Trinajstić information content (AvgIpc) is 2.39. The normalized spacial score (nSPS) is 28.6. The molecule has 2 atom stereocenters.